The van der Waals surface area contributed by atoms with Gasteiger partial charge in [0.05, 0.1) is 25.4 Å². The second-order valence-electron chi connectivity index (χ2n) is 17.2. The largest absolute Gasteiger partial charge is 0.394 e. The molecule has 1 aliphatic rings. The van der Waals surface area contributed by atoms with Crippen LogP contribution in [0.3, 0.4) is 0 Å². The Kier molecular flexibility index (Phi) is 37.6. The maximum Gasteiger partial charge on any atom is 0.249 e. The van der Waals surface area contributed by atoms with Crippen molar-refractivity contribution in [3.63, 3.8) is 0 Å². The number of hydrogen-bond donors (Lipinski definition) is 8. The fourth-order valence-electron chi connectivity index (χ4n) is 7.40. The monoisotopic (exact) mass is 878 g/mol. The van der Waals surface area contributed by atoms with Crippen molar-refractivity contribution in [1.82, 2.24) is 5.32 Å². The molecule has 0 aromatic rings. The van der Waals surface area contributed by atoms with E-state index in [1.165, 1.54) is 103 Å². The molecule has 9 atom stereocenters. The summed E-state index contributed by atoms with van der Waals surface area (Å²) in [6, 6.07) is -1.23. The normalized spacial score (nSPS) is 21.9. The van der Waals surface area contributed by atoms with Crippen LogP contribution in [0.2, 0.25) is 0 Å². The molecule has 1 heterocycles. The molecule has 1 fully saturated rings. The van der Waals surface area contributed by atoms with Crippen LogP contribution in [0, 0.1) is 0 Å². The van der Waals surface area contributed by atoms with Crippen molar-refractivity contribution in [2.75, 3.05) is 13.2 Å². The highest BCUT2D eigenvalue weighted by molar-refractivity contribution is 5.81. The highest BCUT2D eigenvalue weighted by atomic mass is 16.7. The Balaban J connectivity index is 2.46. The molecule has 360 valence electrons. The van der Waals surface area contributed by atoms with Gasteiger partial charge in [-0.15, -0.1) is 0 Å². The number of unbranched alkanes of at least 4 members (excludes halogenated alkanes) is 19. The lowest BCUT2D eigenvalue weighted by atomic mass is 9.99. The van der Waals surface area contributed by atoms with Crippen LogP contribution in [0.25, 0.3) is 0 Å². The number of carbonyl (C=O) groups is 1. The molecule has 0 aromatic carbocycles. The van der Waals surface area contributed by atoms with Gasteiger partial charge in [0.15, 0.2) is 6.29 Å². The van der Waals surface area contributed by atoms with E-state index in [1.807, 2.05) is 6.08 Å². The van der Waals surface area contributed by atoms with Crippen LogP contribution in [-0.2, 0) is 14.3 Å². The molecule has 1 aliphatic heterocycles. The molecule has 9 unspecified atom stereocenters. The molecule has 0 radical (unpaired) electrons. The van der Waals surface area contributed by atoms with Gasteiger partial charge >= 0.3 is 0 Å². The quantitative estimate of drug-likeness (QED) is 0.0218. The highest BCUT2D eigenvalue weighted by Crippen LogP contribution is 2.23. The van der Waals surface area contributed by atoms with Gasteiger partial charge in [-0.25, -0.2) is 0 Å². The summed E-state index contributed by atoms with van der Waals surface area (Å²) >= 11 is 0. The first-order chi connectivity index (χ1) is 30.2. The predicted molar refractivity (Wildman–Crippen MR) is 251 cm³/mol. The van der Waals surface area contributed by atoms with Crippen molar-refractivity contribution in [2.45, 2.75) is 242 Å². The van der Waals surface area contributed by atoms with Gasteiger partial charge in [0.25, 0.3) is 0 Å². The van der Waals surface area contributed by atoms with Crippen molar-refractivity contribution in [3.05, 3.63) is 60.8 Å². The average molecular weight is 878 g/mol. The van der Waals surface area contributed by atoms with Gasteiger partial charge in [0.2, 0.25) is 5.91 Å². The Morgan fingerprint density at radius 1 is 0.581 bits per heavy atom. The van der Waals surface area contributed by atoms with Crippen molar-refractivity contribution in [1.29, 1.82) is 0 Å². The molecule has 0 aromatic heterocycles. The van der Waals surface area contributed by atoms with E-state index in [9.17, 15) is 40.5 Å². The molecule has 0 bridgehead atoms. The Labute approximate surface area is 376 Å². The number of rotatable bonds is 40. The summed E-state index contributed by atoms with van der Waals surface area (Å²) in [7, 11) is 0. The second kappa shape index (κ2) is 40.3. The van der Waals surface area contributed by atoms with Crippen LogP contribution < -0.4 is 5.32 Å². The molecule has 8 N–H and O–H groups in total. The number of hydrogen-bond acceptors (Lipinski definition) is 10. The Morgan fingerprint density at radius 3 is 1.55 bits per heavy atom. The zero-order chi connectivity index (χ0) is 45.5. The van der Waals surface area contributed by atoms with E-state index in [1.54, 1.807) is 6.08 Å². The Bertz CT molecular complexity index is 1190. The maximum absolute atomic E-state index is 13.0. The average Bonchev–Trinajstić information content (AvgIpc) is 3.27. The van der Waals surface area contributed by atoms with Crippen molar-refractivity contribution in [3.8, 4) is 0 Å². The third-order valence-electron chi connectivity index (χ3n) is 11.5. The third-order valence-corrected chi connectivity index (χ3v) is 11.5. The summed E-state index contributed by atoms with van der Waals surface area (Å²) in [6.45, 7) is 3.36. The van der Waals surface area contributed by atoms with Gasteiger partial charge < -0.3 is 50.5 Å². The molecule has 11 nitrogen and oxygen atoms in total. The van der Waals surface area contributed by atoms with Crippen molar-refractivity contribution >= 4 is 5.91 Å². The number of ether oxygens (including phenoxy) is 2. The van der Waals surface area contributed by atoms with E-state index in [2.05, 4.69) is 67.8 Å². The van der Waals surface area contributed by atoms with Gasteiger partial charge in [0.1, 0.15) is 36.6 Å². The standard InChI is InChI=1S/C51H91NO10/c1-3-5-7-9-11-13-15-17-18-19-20-21-22-23-24-25-26-27-29-30-32-34-36-38-43(54)46(56)42(41-61-51-49(59)48(58)47(57)45(40-53)62-51)52-50(60)44(55)39-37-35-33-31-28-16-14-12-10-8-6-4-2/h21-22,25-26,28,30-32,35,37,42-49,51,53-59H,3-20,23-24,27,29,33-34,36,38-41H2,1-2H3,(H,52,60)/b22-21+,26-25+,31-28-,32-30+,37-35-. The number of allylic oxidation sites excluding steroid dienone is 9. The topological polar surface area (TPSA) is 189 Å². The van der Waals surface area contributed by atoms with E-state index < -0.39 is 74.2 Å². The second-order valence-corrected chi connectivity index (χ2v) is 17.2. The number of carbonyl (C=O) groups excluding carboxylic acids is 1. The van der Waals surface area contributed by atoms with E-state index in [0.29, 0.717) is 19.3 Å². The lowest BCUT2D eigenvalue weighted by molar-refractivity contribution is -0.303. The fraction of sp³-hybridized carbons (Fsp3) is 0.784. The molecule has 1 rings (SSSR count). The Hall–Kier alpha value is -2.19. The molecule has 0 aliphatic carbocycles. The third kappa shape index (κ3) is 29.3. The highest BCUT2D eigenvalue weighted by Gasteiger charge is 2.44. The summed E-state index contributed by atoms with van der Waals surface area (Å²) in [6.07, 6.45) is 38.7. The van der Waals surface area contributed by atoms with E-state index in [4.69, 9.17) is 9.47 Å². The molecule has 1 saturated heterocycles. The first-order valence-electron chi connectivity index (χ1n) is 24.7. The first-order valence-corrected chi connectivity index (χ1v) is 24.7. The van der Waals surface area contributed by atoms with Gasteiger partial charge in [-0.3, -0.25) is 4.79 Å². The maximum atomic E-state index is 13.0. The number of aliphatic hydroxyl groups excluding tert-OH is 7. The minimum Gasteiger partial charge on any atom is -0.394 e. The minimum atomic E-state index is -1.69. The molecule has 11 heteroatoms. The zero-order valence-electron chi connectivity index (χ0n) is 38.8. The SMILES string of the molecule is CCCCCCCC/C=C\C/C=C\CC(O)C(=O)NC(COC1OC(CO)C(O)C(O)C1O)C(O)C(O)CCC/C=C/CC/C=C/CC/C=C/CCCCCCCCCCCC. The molecular formula is C51H91NO10. The zero-order valence-corrected chi connectivity index (χ0v) is 38.8. The lowest BCUT2D eigenvalue weighted by Crippen LogP contribution is -2.60. The predicted octanol–water partition coefficient (Wildman–Crippen LogP) is 8.72. The number of nitrogens with one attached hydrogen (secondary N) is 1. The minimum absolute atomic E-state index is 0.0367. The molecule has 62 heavy (non-hydrogen) atoms. The van der Waals surface area contributed by atoms with Gasteiger partial charge in [-0.1, -0.05) is 164 Å². The lowest BCUT2D eigenvalue weighted by Gasteiger charge is -2.40. The number of amides is 1. The van der Waals surface area contributed by atoms with Crippen LogP contribution >= 0.6 is 0 Å². The van der Waals surface area contributed by atoms with E-state index >= 15 is 0 Å². The summed E-state index contributed by atoms with van der Waals surface area (Å²) in [5.41, 5.74) is 0. The van der Waals surface area contributed by atoms with Crippen molar-refractivity contribution < 1.29 is 50.0 Å². The first kappa shape index (κ1) is 57.8. The smallest absolute Gasteiger partial charge is 0.249 e. The summed E-state index contributed by atoms with van der Waals surface area (Å²) in [4.78, 5) is 13.0. The van der Waals surface area contributed by atoms with Crippen molar-refractivity contribution in [2.24, 2.45) is 0 Å². The summed E-state index contributed by atoms with van der Waals surface area (Å²) in [5.74, 6) is -0.782. The van der Waals surface area contributed by atoms with Crippen LogP contribution in [0.15, 0.2) is 60.8 Å². The van der Waals surface area contributed by atoms with Crippen LogP contribution in [0.4, 0.5) is 0 Å². The summed E-state index contributed by atoms with van der Waals surface area (Å²) < 4.78 is 11.0. The molecular weight excluding hydrogens is 787 g/mol. The fourth-order valence-corrected chi connectivity index (χ4v) is 7.40. The summed E-state index contributed by atoms with van der Waals surface area (Å²) in [5, 5.41) is 75.5. The van der Waals surface area contributed by atoms with E-state index in [-0.39, 0.29) is 12.8 Å². The van der Waals surface area contributed by atoms with Gasteiger partial charge in [-0.05, 0) is 77.0 Å². The van der Waals surface area contributed by atoms with Crippen LogP contribution in [0.5, 0.6) is 0 Å². The van der Waals surface area contributed by atoms with Crippen LogP contribution in [-0.4, -0.2) is 110 Å². The number of aliphatic hydroxyl groups is 7. The van der Waals surface area contributed by atoms with Crippen LogP contribution in [0.1, 0.15) is 187 Å². The molecule has 0 spiro atoms. The van der Waals surface area contributed by atoms with Gasteiger partial charge in [-0.2, -0.15) is 0 Å². The van der Waals surface area contributed by atoms with Gasteiger partial charge in [0, 0.05) is 6.42 Å². The molecule has 1 amide bonds. The molecule has 0 saturated carbocycles. The van der Waals surface area contributed by atoms with E-state index in [0.717, 1.165) is 38.5 Å². The Morgan fingerprint density at radius 2 is 1.03 bits per heavy atom.